The third kappa shape index (κ3) is 2.12. The summed E-state index contributed by atoms with van der Waals surface area (Å²) in [6.45, 7) is 0. The van der Waals surface area contributed by atoms with Crippen molar-refractivity contribution in [3.05, 3.63) is 42.4 Å². The second-order valence-electron chi connectivity index (χ2n) is 5.81. The van der Waals surface area contributed by atoms with Crippen LogP contribution in [0.2, 0.25) is 0 Å². The van der Waals surface area contributed by atoms with Crippen LogP contribution in [-0.2, 0) is 5.54 Å². The van der Waals surface area contributed by atoms with Gasteiger partial charge in [-0.25, -0.2) is 0 Å². The number of hydrogen-bond donors (Lipinski definition) is 2. The molecule has 0 aliphatic heterocycles. The maximum Gasteiger partial charge on any atom is 0.261 e. The Balaban J connectivity index is 1.72. The molecule has 1 aliphatic carbocycles. The van der Waals surface area contributed by atoms with Gasteiger partial charge in [-0.05, 0) is 12.8 Å². The molecule has 6 nitrogen and oxygen atoms in total. The minimum absolute atomic E-state index is 0.446. The molecule has 1 saturated carbocycles. The van der Waals surface area contributed by atoms with Crippen LogP contribution in [0.5, 0.6) is 0 Å². The summed E-state index contributed by atoms with van der Waals surface area (Å²) in [5.41, 5.74) is 8.63. The van der Waals surface area contributed by atoms with Crippen molar-refractivity contribution >= 4 is 0 Å². The number of aromatic amines is 1. The Labute approximate surface area is 127 Å². The van der Waals surface area contributed by atoms with Crippen LogP contribution in [0.1, 0.15) is 31.5 Å². The third-order valence-electron chi connectivity index (χ3n) is 4.30. The van der Waals surface area contributed by atoms with Crippen molar-refractivity contribution in [1.29, 1.82) is 0 Å². The molecule has 1 aromatic carbocycles. The molecule has 0 amide bonds. The second kappa shape index (κ2) is 5.06. The van der Waals surface area contributed by atoms with Gasteiger partial charge in [0.25, 0.3) is 5.89 Å². The number of hydrogen-bond acceptors (Lipinski definition) is 5. The standard InChI is InChI=1S/C16H17N5O/c17-16(8-4-5-9-16)15-19-14(22-21-15)12-10-18-20-13(12)11-6-2-1-3-7-11/h1-3,6-7,10H,4-5,8-9,17H2,(H,18,20). The normalized spacial score (nSPS) is 17.0. The molecule has 3 aromatic rings. The van der Waals surface area contributed by atoms with Crippen LogP contribution in [0.25, 0.3) is 22.7 Å². The molecule has 0 radical (unpaired) electrons. The highest BCUT2D eigenvalue weighted by atomic mass is 16.5. The zero-order valence-electron chi connectivity index (χ0n) is 12.1. The van der Waals surface area contributed by atoms with Crippen molar-refractivity contribution in [2.75, 3.05) is 0 Å². The van der Waals surface area contributed by atoms with Crippen LogP contribution in [-0.4, -0.2) is 20.3 Å². The van der Waals surface area contributed by atoms with Gasteiger partial charge in [-0.15, -0.1) is 0 Å². The van der Waals surface area contributed by atoms with E-state index in [9.17, 15) is 0 Å². The molecule has 112 valence electrons. The lowest BCUT2D eigenvalue weighted by molar-refractivity contribution is 0.372. The van der Waals surface area contributed by atoms with Crippen LogP contribution >= 0.6 is 0 Å². The molecule has 0 bridgehead atoms. The Bertz CT molecular complexity index is 771. The largest absolute Gasteiger partial charge is 0.334 e. The topological polar surface area (TPSA) is 93.6 Å². The molecule has 2 aromatic heterocycles. The molecular formula is C16H17N5O. The van der Waals surface area contributed by atoms with E-state index in [0.717, 1.165) is 42.5 Å². The lowest BCUT2D eigenvalue weighted by Crippen LogP contribution is -2.34. The third-order valence-corrected chi connectivity index (χ3v) is 4.30. The summed E-state index contributed by atoms with van der Waals surface area (Å²) >= 11 is 0. The fourth-order valence-corrected chi connectivity index (χ4v) is 3.04. The molecule has 0 saturated heterocycles. The van der Waals surface area contributed by atoms with Crippen LogP contribution in [0, 0.1) is 0 Å². The Morgan fingerprint density at radius 1 is 1.14 bits per heavy atom. The number of nitrogens with two attached hydrogens (primary N) is 1. The minimum Gasteiger partial charge on any atom is -0.334 e. The molecule has 1 fully saturated rings. The monoisotopic (exact) mass is 295 g/mol. The van der Waals surface area contributed by atoms with E-state index < -0.39 is 5.54 Å². The lowest BCUT2D eigenvalue weighted by Gasteiger charge is -2.17. The first-order chi connectivity index (χ1) is 10.8. The molecule has 22 heavy (non-hydrogen) atoms. The fraction of sp³-hybridized carbons (Fsp3) is 0.312. The number of H-pyrrole nitrogens is 1. The van der Waals surface area contributed by atoms with Gasteiger partial charge in [0, 0.05) is 5.56 Å². The van der Waals surface area contributed by atoms with E-state index in [4.69, 9.17) is 10.3 Å². The van der Waals surface area contributed by atoms with Gasteiger partial charge < -0.3 is 10.3 Å². The summed E-state index contributed by atoms with van der Waals surface area (Å²) in [7, 11) is 0. The molecule has 1 aliphatic rings. The summed E-state index contributed by atoms with van der Waals surface area (Å²) in [4.78, 5) is 4.53. The summed E-state index contributed by atoms with van der Waals surface area (Å²) in [6.07, 6.45) is 5.74. The number of benzene rings is 1. The van der Waals surface area contributed by atoms with Crippen LogP contribution in [0.15, 0.2) is 41.1 Å². The molecule has 2 heterocycles. The molecule has 0 atom stereocenters. The maximum absolute atomic E-state index is 6.39. The highest BCUT2D eigenvalue weighted by Gasteiger charge is 2.36. The van der Waals surface area contributed by atoms with E-state index in [1.54, 1.807) is 6.20 Å². The first-order valence-electron chi connectivity index (χ1n) is 7.48. The van der Waals surface area contributed by atoms with Gasteiger partial charge in [0.05, 0.1) is 23.0 Å². The molecule has 0 unspecified atom stereocenters. The minimum atomic E-state index is -0.446. The van der Waals surface area contributed by atoms with E-state index in [1.807, 2.05) is 30.3 Å². The van der Waals surface area contributed by atoms with E-state index in [0.29, 0.717) is 11.7 Å². The lowest BCUT2D eigenvalue weighted by atomic mass is 9.98. The van der Waals surface area contributed by atoms with Crippen LogP contribution in [0.3, 0.4) is 0 Å². The predicted molar refractivity (Wildman–Crippen MR) is 81.6 cm³/mol. The molecule has 4 rings (SSSR count). The summed E-state index contributed by atoms with van der Waals surface area (Å²) in [5, 5.41) is 11.2. The zero-order chi connectivity index (χ0) is 15.0. The van der Waals surface area contributed by atoms with Crippen molar-refractivity contribution in [1.82, 2.24) is 20.3 Å². The zero-order valence-corrected chi connectivity index (χ0v) is 12.1. The Hall–Kier alpha value is -2.47. The summed E-state index contributed by atoms with van der Waals surface area (Å²) in [6, 6.07) is 9.95. The molecule has 0 spiro atoms. The van der Waals surface area contributed by atoms with Crippen molar-refractivity contribution in [2.24, 2.45) is 5.73 Å². The van der Waals surface area contributed by atoms with Gasteiger partial charge in [-0.3, -0.25) is 5.10 Å². The molecular weight excluding hydrogens is 278 g/mol. The van der Waals surface area contributed by atoms with Gasteiger partial charge in [0.1, 0.15) is 0 Å². The van der Waals surface area contributed by atoms with E-state index in [-0.39, 0.29) is 0 Å². The van der Waals surface area contributed by atoms with Gasteiger partial charge >= 0.3 is 0 Å². The quantitative estimate of drug-likeness (QED) is 0.775. The Kier molecular flexibility index (Phi) is 3.04. The van der Waals surface area contributed by atoms with Crippen LogP contribution in [0.4, 0.5) is 0 Å². The second-order valence-corrected chi connectivity index (χ2v) is 5.81. The Morgan fingerprint density at radius 3 is 2.68 bits per heavy atom. The highest BCUT2D eigenvalue weighted by Crippen LogP contribution is 2.36. The smallest absolute Gasteiger partial charge is 0.261 e. The van der Waals surface area contributed by atoms with Crippen molar-refractivity contribution < 1.29 is 4.52 Å². The van der Waals surface area contributed by atoms with E-state index in [2.05, 4.69) is 20.3 Å². The number of nitrogens with one attached hydrogen (secondary N) is 1. The Morgan fingerprint density at radius 2 is 1.91 bits per heavy atom. The maximum atomic E-state index is 6.39. The number of rotatable bonds is 3. The van der Waals surface area contributed by atoms with Gasteiger partial charge in [-0.1, -0.05) is 48.3 Å². The number of nitrogens with zero attached hydrogens (tertiary/aromatic N) is 3. The van der Waals surface area contributed by atoms with Gasteiger partial charge in [0.15, 0.2) is 5.82 Å². The SMILES string of the molecule is NC1(c2noc(-c3cn[nH]c3-c3ccccc3)n2)CCCC1. The predicted octanol–water partition coefficient (Wildman–Crippen LogP) is 2.85. The summed E-state index contributed by atoms with van der Waals surface area (Å²) < 4.78 is 5.45. The average molecular weight is 295 g/mol. The first-order valence-corrected chi connectivity index (χ1v) is 7.48. The van der Waals surface area contributed by atoms with Crippen molar-refractivity contribution in [3.63, 3.8) is 0 Å². The first kappa shape index (κ1) is 13.2. The van der Waals surface area contributed by atoms with Gasteiger partial charge in [0.2, 0.25) is 0 Å². The fourth-order valence-electron chi connectivity index (χ4n) is 3.04. The number of aromatic nitrogens is 4. The molecule has 6 heteroatoms. The average Bonchev–Trinajstić information content (AvgIpc) is 3.28. The van der Waals surface area contributed by atoms with Crippen molar-refractivity contribution in [2.45, 2.75) is 31.2 Å². The van der Waals surface area contributed by atoms with E-state index >= 15 is 0 Å². The van der Waals surface area contributed by atoms with Crippen molar-refractivity contribution in [3.8, 4) is 22.7 Å². The van der Waals surface area contributed by atoms with Gasteiger partial charge in [-0.2, -0.15) is 10.1 Å². The summed E-state index contributed by atoms with van der Waals surface area (Å²) in [5.74, 6) is 1.06. The highest BCUT2D eigenvalue weighted by molar-refractivity contribution is 5.76. The molecule has 3 N–H and O–H groups in total. The van der Waals surface area contributed by atoms with E-state index in [1.165, 1.54) is 0 Å². The van der Waals surface area contributed by atoms with Crippen LogP contribution < -0.4 is 5.73 Å².